The second-order valence-electron chi connectivity index (χ2n) is 10.2. The highest BCUT2D eigenvalue weighted by Crippen LogP contribution is 2.33. The highest BCUT2D eigenvalue weighted by Gasteiger charge is 2.30. The zero-order valence-electron chi connectivity index (χ0n) is 22.8. The van der Waals surface area contributed by atoms with Crippen molar-refractivity contribution < 1.29 is 26.7 Å². The van der Waals surface area contributed by atoms with Gasteiger partial charge in [0.1, 0.15) is 0 Å². The SMILES string of the molecule is Cc1c(-c2ccc(C(F)(F)F)cc2)nn(CC(O)CN2CCN(c3c(N)cccc3Cl)CC2)c1CCNS(C)(=O)=O. The average molecular weight is 615 g/mol. The number of hydrogen-bond acceptors (Lipinski definition) is 7. The molecule has 41 heavy (non-hydrogen) atoms. The summed E-state index contributed by atoms with van der Waals surface area (Å²) in [6.45, 7) is 5.14. The molecular formula is C27H34ClF3N6O3S. The molecule has 0 radical (unpaired) electrons. The Balaban J connectivity index is 1.47. The van der Waals surface area contributed by atoms with Crippen LogP contribution < -0.4 is 15.4 Å². The van der Waals surface area contributed by atoms with Crippen molar-refractivity contribution >= 4 is 33.0 Å². The fourth-order valence-corrected chi connectivity index (χ4v) is 5.85. The molecule has 0 bridgehead atoms. The maximum absolute atomic E-state index is 13.1. The molecular weight excluding hydrogens is 581 g/mol. The monoisotopic (exact) mass is 614 g/mol. The first-order valence-electron chi connectivity index (χ1n) is 13.1. The number of halogens is 4. The first-order chi connectivity index (χ1) is 19.2. The Morgan fingerprint density at radius 3 is 2.34 bits per heavy atom. The first-order valence-corrected chi connectivity index (χ1v) is 15.4. The van der Waals surface area contributed by atoms with Crippen molar-refractivity contribution in [2.75, 3.05) is 56.2 Å². The first kappa shape index (κ1) is 31.1. The number of piperazine rings is 1. The van der Waals surface area contributed by atoms with Crippen LogP contribution in [0, 0.1) is 6.92 Å². The van der Waals surface area contributed by atoms with E-state index in [0.717, 1.165) is 24.1 Å². The van der Waals surface area contributed by atoms with Crippen LogP contribution in [0.3, 0.4) is 0 Å². The van der Waals surface area contributed by atoms with E-state index in [4.69, 9.17) is 17.3 Å². The van der Waals surface area contributed by atoms with Gasteiger partial charge in [-0.2, -0.15) is 18.3 Å². The molecule has 3 aromatic rings. The molecule has 4 rings (SSSR count). The summed E-state index contributed by atoms with van der Waals surface area (Å²) < 4.78 is 66.5. The van der Waals surface area contributed by atoms with Gasteiger partial charge in [-0.25, -0.2) is 13.1 Å². The maximum atomic E-state index is 13.1. The van der Waals surface area contributed by atoms with Crippen molar-refractivity contribution in [3.63, 3.8) is 0 Å². The minimum atomic E-state index is -4.45. The smallest absolute Gasteiger partial charge is 0.397 e. The highest BCUT2D eigenvalue weighted by molar-refractivity contribution is 7.88. The predicted octanol–water partition coefficient (Wildman–Crippen LogP) is 3.39. The van der Waals surface area contributed by atoms with Gasteiger partial charge in [0.15, 0.2) is 0 Å². The topological polar surface area (TPSA) is 117 Å². The molecule has 2 aromatic carbocycles. The van der Waals surface area contributed by atoms with Crippen LogP contribution in [0.1, 0.15) is 16.8 Å². The van der Waals surface area contributed by atoms with Crippen LogP contribution in [0.5, 0.6) is 0 Å². The van der Waals surface area contributed by atoms with E-state index in [1.807, 2.05) is 6.07 Å². The molecule has 1 fully saturated rings. The predicted molar refractivity (Wildman–Crippen MR) is 154 cm³/mol. The Morgan fingerprint density at radius 1 is 1.10 bits per heavy atom. The number of anilines is 2. The Hall–Kier alpha value is -2.84. The number of benzene rings is 2. The van der Waals surface area contributed by atoms with Gasteiger partial charge in [-0.1, -0.05) is 29.8 Å². The van der Waals surface area contributed by atoms with Crippen LogP contribution in [0.2, 0.25) is 5.02 Å². The number of nitrogens with two attached hydrogens (primary N) is 1. The van der Waals surface area contributed by atoms with Gasteiger partial charge in [-0.3, -0.25) is 9.58 Å². The summed E-state index contributed by atoms with van der Waals surface area (Å²) in [5.41, 5.74) is 9.16. The fraction of sp³-hybridized carbons (Fsp3) is 0.444. The molecule has 9 nitrogen and oxygen atoms in total. The molecule has 224 valence electrons. The van der Waals surface area contributed by atoms with E-state index in [9.17, 15) is 26.7 Å². The van der Waals surface area contributed by atoms with E-state index in [2.05, 4.69) is 19.6 Å². The van der Waals surface area contributed by atoms with E-state index >= 15 is 0 Å². The second kappa shape index (κ2) is 12.6. The Kier molecular flexibility index (Phi) is 9.54. The van der Waals surface area contributed by atoms with E-state index < -0.39 is 27.9 Å². The third kappa shape index (κ3) is 7.92. The van der Waals surface area contributed by atoms with Gasteiger partial charge in [0.25, 0.3) is 0 Å². The molecule has 1 unspecified atom stereocenters. The molecule has 1 aliphatic rings. The molecule has 4 N–H and O–H groups in total. The van der Waals surface area contributed by atoms with Gasteiger partial charge in [0, 0.05) is 56.9 Å². The number of rotatable bonds is 10. The molecule has 0 saturated carbocycles. The van der Waals surface area contributed by atoms with Crippen molar-refractivity contribution in [2.45, 2.75) is 32.2 Å². The zero-order valence-corrected chi connectivity index (χ0v) is 24.4. The van der Waals surface area contributed by atoms with E-state index in [0.29, 0.717) is 65.9 Å². The fourth-order valence-electron chi connectivity index (χ4n) is 5.08. The minimum absolute atomic E-state index is 0.112. The molecule has 0 spiro atoms. The van der Waals surface area contributed by atoms with Crippen LogP contribution in [0.15, 0.2) is 42.5 Å². The molecule has 1 saturated heterocycles. The number of aromatic nitrogens is 2. The van der Waals surface area contributed by atoms with Crippen molar-refractivity contribution in [2.24, 2.45) is 0 Å². The van der Waals surface area contributed by atoms with Crippen LogP contribution in [0.4, 0.5) is 24.5 Å². The van der Waals surface area contributed by atoms with Gasteiger partial charge in [-0.05, 0) is 36.8 Å². The largest absolute Gasteiger partial charge is 0.416 e. The number of alkyl halides is 3. The lowest BCUT2D eigenvalue weighted by atomic mass is 10.0. The lowest BCUT2D eigenvalue weighted by Crippen LogP contribution is -2.49. The number of aliphatic hydroxyl groups is 1. The van der Waals surface area contributed by atoms with Crippen molar-refractivity contribution in [3.8, 4) is 11.3 Å². The van der Waals surface area contributed by atoms with E-state index in [-0.39, 0.29) is 19.5 Å². The van der Waals surface area contributed by atoms with E-state index in [1.165, 1.54) is 12.1 Å². The number of aliphatic hydroxyl groups excluding tert-OH is 1. The number of nitrogen functional groups attached to an aromatic ring is 1. The van der Waals surface area contributed by atoms with Crippen molar-refractivity contribution in [3.05, 3.63) is 64.3 Å². The lowest BCUT2D eigenvalue weighted by Gasteiger charge is -2.37. The average Bonchev–Trinajstić information content (AvgIpc) is 3.18. The van der Waals surface area contributed by atoms with Crippen LogP contribution in [-0.4, -0.2) is 79.8 Å². The van der Waals surface area contributed by atoms with Gasteiger partial charge < -0.3 is 15.7 Å². The molecule has 1 aromatic heterocycles. The number of β-amino-alcohol motifs (C(OH)–C–C–N with tert-alkyl or cyclic N) is 1. The third-order valence-electron chi connectivity index (χ3n) is 7.09. The van der Waals surface area contributed by atoms with Crippen LogP contribution >= 0.6 is 11.6 Å². The molecule has 0 amide bonds. The zero-order chi connectivity index (χ0) is 29.9. The van der Waals surface area contributed by atoms with Gasteiger partial charge in [0.05, 0.1) is 46.6 Å². The highest BCUT2D eigenvalue weighted by atomic mass is 35.5. The maximum Gasteiger partial charge on any atom is 0.416 e. The lowest BCUT2D eigenvalue weighted by molar-refractivity contribution is -0.137. The van der Waals surface area contributed by atoms with Crippen molar-refractivity contribution in [1.29, 1.82) is 0 Å². The summed E-state index contributed by atoms with van der Waals surface area (Å²) in [5.74, 6) is 0. The summed E-state index contributed by atoms with van der Waals surface area (Å²) in [5, 5.41) is 16.2. The number of sulfonamides is 1. The summed E-state index contributed by atoms with van der Waals surface area (Å²) in [7, 11) is -3.42. The summed E-state index contributed by atoms with van der Waals surface area (Å²) in [6, 6.07) is 10.2. The van der Waals surface area contributed by atoms with Crippen LogP contribution in [0.25, 0.3) is 11.3 Å². The summed E-state index contributed by atoms with van der Waals surface area (Å²) in [4.78, 5) is 4.26. The number of para-hydroxylation sites is 1. The van der Waals surface area contributed by atoms with Crippen LogP contribution in [-0.2, 0) is 29.2 Å². The number of hydrogen-bond donors (Lipinski definition) is 3. The summed E-state index contributed by atoms with van der Waals surface area (Å²) >= 11 is 6.36. The summed E-state index contributed by atoms with van der Waals surface area (Å²) in [6.07, 6.45) is -3.90. The molecule has 2 heterocycles. The second-order valence-corrected chi connectivity index (χ2v) is 12.5. The quantitative estimate of drug-likeness (QED) is 0.300. The van der Waals surface area contributed by atoms with E-state index in [1.54, 1.807) is 23.7 Å². The van der Waals surface area contributed by atoms with Gasteiger partial charge in [0.2, 0.25) is 10.0 Å². The normalized spacial score (nSPS) is 15.8. The molecule has 14 heteroatoms. The van der Waals surface area contributed by atoms with Gasteiger partial charge in [-0.15, -0.1) is 0 Å². The Bertz CT molecular complexity index is 1440. The Morgan fingerprint density at radius 2 is 1.76 bits per heavy atom. The number of nitrogens with one attached hydrogen (secondary N) is 1. The van der Waals surface area contributed by atoms with Gasteiger partial charge >= 0.3 is 6.18 Å². The molecule has 0 aliphatic carbocycles. The molecule has 1 atom stereocenters. The Labute approximate surface area is 242 Å². The third-order valence-corrected chi connectivity index (χ3v) is 8.12. The standard InChI is InChI=1S/C27H34ClF3N6O3S/c1-18-24(10-11-33-41(2,39)40)37(34-25(18)19-6-8-20(9-7-19)27(29,30)31)17-21(38)16-35-12-14-36(15-13-35)26-22(28)4-3-5-23(26)32/h3-9,21,33,38H,10-17,32H2,1-2H3. The van der Waals surface area contributed by atoms with Crippen molar-refractivity contribution in [1.82, 2.24) is 19.4 Å². The number of nitrogens with zero attached hydrogens (tertiary/aromatic N) is 4. The minimum Gasteiger partial charge on any atom is -0.397 e. The molecule has 1 aliphatic heterocycles.